The van der Waals surface area contributed by atoms with E-state index in [2.05, 4.69) is 0 Å². The molecule has 1 aliphatic heterocycles. The van der Waals surface area contributed by atoms with Crippen LogP contribution in [0.5, 0.6) is 0 Å². The predicted octanol–water partition coefficient (Wildman–Crippen LogP) is 0.954. The van der Waals surface area contributed by atoms with Gasteiger partial charge in [-0.25, -0.2) is 8.78 Å². The molecule has 1 N–H and O–H groups in total. The molecule has 0 bridgehead atoms. The average molecular weight is 179 g/mol. The van der Waals surface area contributed by atoms with Crippen molar-refractivity contribution in [2.45, 2.75) is 25.3 Å². The highest BCUT2D eigenvalue weighted by Gasteiger charge is 2.42. The highest BCUT2D eigenvalue weighted by Crippen LogP contribution is 2.34. The molecule has 0 aromatic carbocycles. The maximum absolute atomic E-state index is 12.3. The number of aliphatic hydroxyl groups excluding tert-OH is 1. The fourth-order valence-electron chi connectivity index (χ4n) is 1.71. The summed E-state index contributed by atoms with van der Waals surface area (Å²) in [6.07, 6.45) is -1.88. The lowest BCUT2D eigenvalue weighted by molar-refractivity contribution is 0.0797. The second-order valence-corrected chi connectivity index (χ2v) is 3.83. The van der Waals surface area contributed by atoms with Gasteiger partial charge in [-0.15, -0.1) is 0 Å². The van der Waals surface area contributed by atoms with Gasteiger partial charge in [0.25, 0.3) is 0 Å². The summed E-state index contributed by atoms with van der Waals surface area (Å²) in [5.41, 5.74) is -0.443. The van der Waals surface area contributed by atoms with E-state index in [1.165, 1.54) is 0 Å². The van der Waals surface area contributed by atoms with Gasteiger partial charge in [0.15, 0.2) is 0 Å². The number of halogens is 2. The van der Waals surface area contributed by atoms with Crippen LogP contribution in [0.25, 0.3) is 0 Å². The van der Waals surface area contributed by atoms with Gasteiger partial charge in [0.2, 0.25) is 6.43 Å². The van der Waals surface area contributed by atoms with Gasteiger partial charge in [-0.05, 0) is 20.4 Å². The summed E-state index contributed by atoms with van der Waals surface area (Å²) >= 11 is 0. The van der Waals surface area contributed by atoms with Gasteiger partial charge in [-0.2, -0.15) is 0 Å². The lowest BCUT2D eigenvalue weighted by Crippen LogP contribution is -2.41. The number of nitrogens with zero attached hydrogens (tertiary/aromatic N) is 1. The van der Waals surface area contributed by atoms with Crippen molar-refractivity contribution in [3.05, 3.63) is 0 Å². The number of aliphatic hydroxyl groups is 1. The normalized spacial score (nSPS) is 38.0. The molecule has 0 aromatic rings. The molecule has 72 valence electrons. The van der Waals surface area contributed by atoms with Crippen LogP contribution in [0.3, 0.4) is 0 Å². The van der Waals surface area contributed by atoms with E-state index in [0.29, 0.717) is 13.0 Å². The van der Waals surface area contributed by atoms with Crippen molar-refractivity contribution in [2.75, 3.05) is 20.2 Å². The van der Waals surface area contributed by atoms with Crippen LogP contribution in [0.4, 0.5) is 8.78 Å². The molecule has 1 heterocycles. The maximum Gasteiger partial charge on any atom is 0.242 e. The zero-order valence-corrected chi connectivity index (χ0v) is 7.43. The minimum Gasteiger partial charge on any atom is -0.394 e. The first-order chi connectivity index (χ1) is 5.49. The zero-order valence-electron chi connectivity index (χ0n) is 7.43. The van der Waals surface area contributed by atoms with E-state index >= 15 is 0 Å². The minimum absolute atomic E-state index is 0.0489. The fourth-order valence-corrected chi connectivity index (χ4v) is 1.71. The van der Waals surface area contributed by atoms with Gasteiger partial charge in [-0.3, -0.25) is 4.90 Å². The predicted molar refractivity (Wildman–Crippen MR) is 42.2 cm³/mol. The van der Waals surface area contributed by atoms with Crippen molar-refractivity contribution in [3.8, 4) is 0 Å². The van der Waals surface area contributed by atoms with Crippen molar-refractivity contribution in [1.82, 2.24) is 4.90 Å². The molecule has 0 amide bonds. The van der Waals surface area contributed by atoms with Crippen LogP contribution in [-0.2, 0) is 0 Å². The largest absolute Gasteiger partial charge is 0.394 e. The van der Waals surface area contributed by atoms with Crippen molar-refractivity contribution in [1.29, 1.82) is 0 Å². The number of hydrogen-bond donors (Lipinski definition) is 1. The Bertz CT molecular complexity index is 165. The first kappa shape index (κ1) is 9.86. The summed E-state index contributed by atoms with van der Waals surface area (Å²) in [5, 5.41) is 9.01. The lowest BCUT2D eigenvalue weighted by Gasteiger charge is -2.29. The van der Waals surface area contributed by atoms with Crippen molar-refractivity contribution in [2.24, 2.45) is 5.92 Å². The highest BCUT2D eigenvalue weighted by atomic mass is 19.3. The summed E-state index contributed by atoms with van der Waals surface area (Å²) in [7, 11) is 1.78. The summed E-state index contributed by atoms with van der Waals surface area (Å²) in [6.45, 7) is 2.15. The first-order valence-electron chi connectivity index (χ1n) is 4.10. The molecule has 1 aliphatic rings. The minimum atomic E-state index is -2.26. The van der Waals surface area contributed by atoms with Gasteiger partial charge in [0.1, 0.15) is 0 Å². The smallest absolute Gasteiger partial charge is 0.242 e. The van der Waals surface area contributed by atoms with Gasteiger partial charge in [0, 0.05) is 18.0 Å². The van der Waals surface area contributed by atoms with Crippen molar-refractivity contribution < 1.29 is 13.9 Å². The average Bonchev–Trinajstić information content (AvgIpc) is 2.30. The van der Waals surface area contributed by atoms with E-state index in [0.717, 1.165) is 0 Å². The molecular formula is C8H15F2NO. The van der Waals surface area contributed by atoms with E-state index in [-0.39, 0.29) is 6.61 Å². The molecule has 4 heteroatoms. The Labute approximate surface area is 71.2 Å². The number of alkyl halides is 2. The molecule has 0 aliphatic carbocycles. The summed E-state index contributed by atoms with van der Waals surface area (Å²) in [4.78, 5) is 1.81. The van der Waals surface area contributed by atoms with Gasteiger partial charge >= 0.3 is 0 Å². The van der Waals surface area contributed by atoms with E-state index in [1.807, 2.05) is 11.8 Å². The Morgan fingerprint density at radius 1 is 1.67 bits per heavy atom. The molecular weight excluding hydrogens is 164 g/mol. The van der Waals surface area contributed by atoms with E-state index in [4.69, 9.17) is 5.11 Å². The molecule has 2 unspecified atom stereocenters. The summed E-state index contributed by atoms with van der Waals surface area (Å²) in [6, 6.07) is 0. The van der Waals surface area contributed by atoms with Crippen LogP contribution in [0.2, 0.25) is 0 Å². The number of hydrogen-bond acceptors (Lipinski definition) is 2. The molecule has 0 radical (unpaired) electrons. The maximum atomic E-state index is 12.3. The van der Waals surface area contributed by atoms with Crippen LogP contribution in [0.15, 0.2) is 0 Å². The third-order valence-corrected chi connectivity index (χ3v) is 2.83. The first-order valence-corrected chi connectivity index (χ1v) is 4.10. The van der Waals surface area contributed by atoms with Crippen LogP contribution in [0, 0.1) is 5.92 Å². The Hall–Kier alpha value is -0.220. The van der Waals surface area contributed by atoms with E-state index < -0.39 is 17.9 Å². The SMILES string of the molecule is CN1CC(C(F)F)CC1(C)CO. The second-order valence-electron chi connectivity index (χ2n) is 3.83. The van der Waals surface area contributed by atoms with Crippen LogP contribution in [-0.4, -0.2) is 42.2 Å². The quantitative estimate of drug-likeness (QED) is 0.682. The van der Waals surface area contributed by atoms with Gasteiger partial charge < -0.3 is 5.11 Å². The van der Waals surface area contributed by atoms with Crippen molar-refractivity contribution in [3.63, 3.8) is 0 Å². The molecule has 1 saturated heterocycles. The number of likely N-dealkylation sites (N-methyl/N-ethyl adjacent to an activating group) is 1. The number of likely N-dealkylation sites (tertiary alicyclic amines) is 1. The molecule has 0 spiro atoms. The fraction of sp³-hybridized carbons (Fsp3) is 1.00. The lowest BCUT2D eigenvalue weighted by atomic mass is 9.95. The molecule has 0 saturated carbocycles. The number of rotatable bonds is 2. The Kier molecular flexibility index (Phi) is 2.68. The molecule has 1 rings (SSSR count). The van der Waals surface area contributed by atoms with E-state index in [1.54, 1.807) is 7.05 Å². The zero-order chi connectivity index (χ0) is 9.35. The van der Waals surface area contributed by atoms with Crippen LogP contribution >= 0.6 is 0 Å². The monoisotopic (exact) mass is 179 g/mol. The molecule has 2 atom stereocenters. The second kappa shape index (κ2) is 3.26. The van der Waals surface area contributed by atoms with Gasteiger partial charge in [-0.1, -0.05) is 0 Å². The molecule has 0 aromatic heterocycles. The molecule has 2 nitrogen and oxygen atoms in total. The van der Waals surface area contributed by atoms with Crippen molar-refractivity contribution >= 4 is 0 Å². The third kappa shape index (κ3) is 1.59. The standard InChI is InChI=1S/C8H15F2NO/c1-8(5-12)3-6(7(9)10)4-11(8)2/h6-7,12H,3-5H2,1-2H3. The molecule has 1 fully saturated rings. The van der Waals surface area contributed by atoms with E-state index in [9.17, 15) is 8.78 Å². The van der Waals surface area contributed by atoms with Gasteiger partial charge in [0.05, 0.1) is 6.61 Å². The molecule has 12 heavy (non-hydrogen) atoms. The Morgan fingerprint density at radius 2 is 2.25 bits per heavy atom. The Balaban J connectivity index is 2.61. The van der Waals surface area contributed by atoms with Crippen LogP contribution in [0.1, 0.15) is 13.3 Å². The Morgan fingerprint density at radius 3 is 2.50 bits per heavy atom. The highest BCUT2D eigenvalue weighted by molar-refractivity contribution is 4.94. The third-order valence-electron chi connectivity index (χ3n) is 2.83. The topological polar surface area (TPSA) is 23.5 Å². The van der Waals surface area contributed by atoms with Crippen LogP contribution < -0.4 is 0 Å². The summed E-state index contributed by atoms with van der Waals surface area (Å²) < 4.78 is 24.6. The summed E-state index contributed by atoms with van der Waals surface area (Å²) in [5.74, 6) is -0.577.